The van der Waals surface area contributed by atoms with Crippen LogP contribution in [0.15, 0.2) is 63.6 Å². The predicted molar refractivity (Wildman–Crippen MR) is 120 cm³/mol. The molecule has 172 valence electrons. The lowest BCUT2D eigenvalue weighted by molar-refractivity contribution is -0.138. The minimum Gasteiger partial charge on any atom is -0.382 e. The minimum atomic E-state index is -4.78. The number of nitriles is 1. The molecule has 0 fully saturated rings. The molecule has 0 bridgehead atoms. The molecule has 1 heterocycles. The van der Waals surface area contributed by atoms with E-state index in [4.69, 9.17) is 0 Å². The molecule has 0 saturated heterocycles. The van der Waals surface area contributed by atoms with E-state index in [-0.39, 0.29) is 25.8 Å². The summed E-state index contributed by atoms with van der Waals surface area (Å²) in [6.45, 7) is 1.74. The Morgan fingerprint density at radius 3 is 2.27 bits per heavy atom. The maximum Gasteiger partial charge on any atom is 0.417 e. The molecule has 0 amide bonds. The second-order valence-corrected chi connectivity index (χ2v) is 10.1. The van der Waals surface area contributed by atoms with Crippen LogP contribution in [-0.4, -0.2) is 37.2 Å². The normalized spacial score (nSPS) is 12.6. The molecule has 0 radical (unpaired) electrons. The van der Waals surface area contributed by atoms with Crippen LogP contribution in [0.3, 0.4) is 0 Å². The van der Waals surface area contributed by atoms with Gasteiger partial charge in [-0.3, -0.25) is 4.79 Å². The fourth-order valence-electron chi connectivity index (χ4n) is 3.19. The third-order valence-corrected chi connectivity index (χ3v) is 7.09. The number of rotatable bonds is 5. The number of hydrogen-bond acceptors (Lipinski definition) is 5. The molecule has 0 saturated carbocycles. The van der Waals surface area contributed by atoms with E-state index in [2.05, 4.69) is 15.9 Å². The molecular weight excluding hydrogens is 523 g/mol. The van der Waals surface area contributed by atoms with Gasteiger partial charge in [0.25, 0.3) is 10.0 Å². The summed E-state index contributed by atoms with van der Waals surface area (Å²) in [7, 11) is -1.37. The van der Waals surface area contributed by atoms with E-state index < -0.39 is 33.2 Å². The lowest BCUT2D eigenvalue weighted by Gasteiger charge is -2.14. The first-order chi connectivity index (χ1) is 15.3. The number of Topliss-reactive ketones (excluding diaryl/α,β-unsaturated/α-hetero) is 1. The van der Waals surface area contributed by atoms with Crippen LogP contribution in [0.4, 0.5) is 13.2 Å². The predicted octanol–water partition coefficient (Wildman–Crippen LogP) is 5.12. The number of benzene rings is 2. The molecule has 0 atom stereocenters. The molecule has 0 unspecified atom stereocenters. The first-order valence-corrected chi connectivity index (χ1v) is 11.6. The zero-order chi connectivity index (χ0) is 24.7. The number of hydrogen-bond donors (Lipinski definition) is 0. The highest BCUT2D eigenvalue weighted by molar-refractivity contribution is 9.10. The second-order valence-electron chi connectivity index (χ2n) is 7.45. The Bertz CT molecular complexity index is 1430. The molecular formula is C22H17BrF3N3O3S. The quantitative estimate of drug-likeness (QED) is 0.255. The number of carbonyl (C=O) groups excluding carboxylic acids is 1. The van der Waals surface area contributed by atoms with Crippen LogP contribution in [0.2, 0.25) is 0 Å². The third-order valence-electron chi connectivity index (χ3n) is 4.70. The van der Waals surface area contributed by atoms with E-state index in [1.54, 1.807) is 27.1 Å². The molecule has 33 heavy (non-hydrogen) atoms. The highest BCUT2D eigenvalue weighted by Gasteiger charge is 2.35. The Balaban J connectivity index is 2.43. The number of fused-ring (bicyclic) bond motifs is 1. The van der Waals surface area contributed by atoms with E-state index in [1.807, 2.05) is 0 Å². The van der Waals surface area contributed by atoms with Crippen LogP contribution in [0, 0.1) is 18.3 Å². The van der Waals surface area contributed by atoms with Crippen molar-refractivity contribution >= 4 is 42.6 Å². The summed E-state index contributed by atoms with van der Waals surface area (Å²) in [6.07, 6.45) is -3.57. The summed E-state index contributed by atoms with van der Waals surface area (Å²) in [5.41, 5.74) is -1.50. The van der Waals surface area contributed by atoms with Gasteiger partial charge in [-0.25, -0.2) is 12.4 Å². The van der Waals surface area contributed by atoms with Gasteiger partial charge in [-0.2, -0.15) is 18.4 Å². The minimum absolute atomic E-state index is 0.0797. The van der Waals surface area contributed by atoms with Crippen LogP contribution in [0.1, 0.15) is 21.6 Å². The molecule has 3 rings (SSSR count). The van der Waals surface area contributed by atoms with Gasteiger partial charge in [-0.1, -0.05) is 33.6 Å². The molecule has 6 nitrogen and oxygen atoms in total. The summed E-state index contributed by atoms with van der Waals surface area (Å²) in [4.78, 5) is 14.4. The summed E-state index contributed by atoms with van der Waals surface area (Å²) in [5, 5.41) is 9.52. The molecule has 0 N–H and O–H groups in total. The zero-order valence-electron chi connectivity index (χ0n) is 17.6. The van der Waals surface area contributed by atoms with Crippen LogP contribution >= 0.6 is 15.9 Å². The van der Waals surface area contributed by atoms with Crippen LogP contribution in [0.5, 0.6) is 0 Å². The van der Waals surface area contributed by atoms with Crippen molar-refractivity contribution in [2.75, 3.05) is 14.1 Å². The van der Waals surface area contributed by atoms with Crippen LogP contribution in [0.25, 0.3) is 10.9 Å². The molecule has 11 heteroatoms. The first kappa shape index (κ1) is 24.5. The number of nitrogens with zero attached hydrogens (tertiary/aromatic N) is 3. The Hall–Kier alpha value is -3.10. The molecule has 0 aliphatic heterocycles. The Labute approximate surface area is 196 Å². The average molecular weight is 540 g/mol. The fraction of sp³-hybridized carbons (Fsp3) is 0.182. The van der Waals surface area contributed by atoms with Crippen LogP contribution in [-0.2, 0) is 16.2 Å². The molecule has 0 aliphatic rings. The monoisotopic (exact) mass is 539 g/mol. The molecule has 0 aliphatic carbocycles. The van der Waals surface area contributed by atoms with Crippen molar-refractivity contribution in [3.8, 4) is 6.07 Å². The Morgan fingerprint density at radius 1 is 1.15 bits per heavy atom. The van der Waals surface area contributed by atoms with Gasteiger partial charge in [0.1, 0.15) is 17.3 Å². The number of alkyl halides is 3. The highest BCUT2D eigenvalue weighted by atomic mass is 79.9. The molecule has 3 aromatic rings. The van der Waals surface area contributed by atoms with E-state index in [1.165, 1.54) is 35.4 Å². The number of allylic oxidation sites excluding steroid dienone is 1. The van der Waals surface area contributed by atoms with Gasteiger partial charge in [0.2, 0.25) is 5.78 Å². The number of aryl methyl sites for hydroxylation is 1. The summed E-state index contributed by atoms with van der Waals surface area (Å²) >= 11 is 2.87. The number of halogens is 4. The maximum atomic E-state index is 13.6. The van der Waals surface area contributed by atoms with Gasteiger partial charge >= 0.3 is 6.18 Å². The van der Waals surface area contributed by atoms with Gasteiger partial charge in [0.15, 0.2) is 0 Å². The van der Waals surface area contributed by atoms with Crippen LogP contribution < -0.4 is 0 Å². The van der Waals surface area contributed by atoms with Crippen molar-refractivity contribution in [1.82, 2.24) is 8.87 Å². The molecule has 0 spiro atoms. The van der Waals surface area contributed by atoms with E-state index in [9.17, 15) is 31.6 Å². The summed E-state index contributed by atoms with van der Waals surface area (Å²) < 4.78 is 68.0. The fourth-order valence-corrected chi connectivity index (χ4v) is 5.28. The second kappa shape index (κ2) is 8.68. The maximum absolute atomic E-state index is 13.6. The van der Waals surface area contributed by atoms with E-state index in [0.717, 1.165) is 17.7 Å². The molecule has 1 aromatic heterocycles. The van der Waals surface area contributed by atoms with Crippen molar-refractivity contribution in [3.63, 3.8) is 0 Å². The summed E-state index contributed by atoms with van der Waals surface area (Å²) in [5.74, 6) is -0.942. The van der Waals surface area contributed by atoms with Gasteiger partial charge in [-0.05, 0) is 37.3 Å². The number of carbonyl (C=O) groups is 1. The average Bonchev–Trinajstić information content (AvgIpc) is 3.09. The largest absolute Gasteiger partial charge is 0.417 e. The topological polar surface area (TPSA) is 83.2 Å². The van der Waals surface area contributed by atoms with Gasteiger partial charge in [0.05, 0.1) is 16.0 Å². The van der Waals surface area contributed by atoms with Crippen molar-refractivity contribution in [1.29, 1.82) is 5.26 Å². The highest BCUT2D eigenvalue weighted by Crippen LogP contribution is 2.39. The van der Waals surface area contributed by atoms with Gasteiger partial charge < -0.3 is 4.90 Å². The van der Waals surface area contributed by atoms with Gasteiger partial charge in [0, 0.05) is 30.2 Å². The smallest absolute Gasteiger partial charge is 0.382 e. The zero-order valence-corrected chi connectivity index (χ0v) is 20.0. The Kier molecular flexibility index (Phi) is 6.46. The van der Waals surface area contributed by atoms with Crippen molar-refractivity contribution < 1.29 is 26.4 Å². The Morgan fingerprint density at radius 2 is 1.76 bits per heavy atom. The SMILES string of the molecule is Cc1ccc(S(=O)(=O)n2c(C(=O)/C(C#N)=C/N(C)C)cc3cc(Br)c(C(F)(F)F)cc32)cc1. The summed E-state index contributed by atoms with van der Waals surface area (Å²) in [6, 6.07) is 10.3. The van der Waals surface area contributed by atoms with Gasteiger partial charge in [-0.15, -0.1) is 0 Å². The van der Waals surface area contributed by atoms with E-state index >= 15 is 0 Å². The van der Waals surface area contributed by atoms with Crippen molar-refractivity contribution in [2.45, 2.75) is 18.0 Å². The lowest BCUT2D eigenvalue weighted by atomic mass is 10.1. The first-order valence-electron chi connectivity index (χ1n) is 9.35. The lowest BCUT2D eigenvalue weighted by Crippen LogP contribution is -2.20. The van der Waals surface area contributed by atoms with E-state index in [0.29, 0.717) is 10.0 Å². The molecule has 2 aromatic carbocycles. The third kappa shape index (κ3) is 4.67. The van der Waals surface area contributed by atoms with Crippen molar-refractivity contribution in [2.24, 2.45) is 0 Å². The number of aromatic nitrogens is 1. The number of ketones is 1. The standard InChI is InChI=1S/C22H17BrF3N3O3S/c1-13-4-6-16(7-5-13)33(31,32)29-19-10-17(22(24,25)26)18(23)8-14(19)9-20(29)21(30)15(11-27)12-28(2)3/h4-10,12H,1-3H3/b15-12+. The van der Waals surface area contributed by atoms with Crippen molar-refractivity contribution in [3.05, 3.63) is 75.5 Å².